The van der Waals surface area contributed by atoms with Crippen molar-refractivity contribution in [2.75, 3.05) is 5.75 Å². The zero-order valence-corrected chi connectivity index (χ0v) is 23.4. The molecule has 0 aliphatic heterocycles. The Morgan fingerprint density at radius 1 is 0.621 bits per heavy atom. The summed E-state index contributed by atoms with van der Waals surface area (Å²) in [5.74, 6) is -0.205. The van der Waals surface area contributed by atoms with Crippen molar-refractivity contribution in [1.82, 2.24) is 0 Å². The molecule has 170 valence electrons. The van der Waals surface area contributed by atoms with E-state index in [0.29, 0.717) is 6.42 Å². The Balaban J connectivity index is 0. The minimum Gasteiger partial charge on any atom is -0.748 e. The third kappa shape index (κ3) is 29.5. The van der Waals surface area contributed by atoms with E-state index in [4.69, 9.17) is 0 Å². The van der Waals surface area contributed by atoms with Crippen molar-refractivity contribution in [3.63, 3.8) is 0 Å². The van der Waals surface area contributed by atoms with E-state index in [1.165, 1.54) is 83.5 Å². The molecule has 0 rings (SSSR count). The number of unbranched alkanes of at least 4 members (excludes halogenated alkanes) is 16. The van der Waals surface area contributed by atoms with E-state index in [1.54, 1.807) is 0 Å². The van der Waals surface area contributed by atoms with Gasteiger partial charge in [0.2, 0.25) is 0 Å². The molecule has 4 nitrogen and oxygen atoms in total. The predicted octanol–water partition coefficient (Wildman–Crippen LogP) is 3.72. The largest absolute Gasteiger partial charge is 1.00 e. The summed E-state index contributed by atoms with van der Waals surface area (Å²) < 4.78 is 31.4. The van der Waals surface area contributed by atoms with Crippen molar-refractivity contribution < 1.29 is 69.5 Å². The van der Waals surface area contributed by atoms with Crippen LogP contribution < -0.4 is 51.4 Å². The minimum absolute atomic E-state index is 0. The minimum atomic E-state index is -4.02. The first-order chi connectivity index (χ1) is 13.5. The molecule has 0 saturated heterocycles. The average Bonchev–Trinajstić information content (AvgIpc) is 2.64. The molecule has 1 atom stereocenters. The molecular weight excluding hydrogens is 411 g/mol. The van der Waals surface area contributed by atoms with Gasteiger partial charge in [-0.05, 0) is 19.3 Å². The Hall–Kier alpha value is 1.51. The first-order valence-electron chi connectivity index (χ1n) is 12.1. The Kier molecular flexibility index (Phi) is 27.2. The van der Waals surface area contributed by atoms with E-state index in [-0.39, 0.29) is 63.2 Å². The third-order valence-corrected chi connectivity index (χ3v) is 6.36. The third-order valence-electron chi connectivity index (χ3n) is 5.57. The van der Waals surface area contributed by atoms with Gasteiger partial charge in [-0.15, -0.1) is 0 Å². The zero-order chi connectivity index (χ0) is 20.9. The summed E-state index contributed by atoms with van der Waals surface area (Å²) in [6.07, 6.45) is 23.3. The van der Waals surface area contributed by atoms with Gasteiger partial charge in [0.1, 0.15) is 0 Å². The quantitative estimate of drug-likeness (QED) is 0.152. The van der Waals surface area contributed by atoms with Crippen LogP contribution in [0, 0.1) is 0 Å². The number of rotatable bonds is 22. The molecule has 0 bridgehead atoms. The van der Waals surface area contributed by atoms with Crippen molar-refractivity contribution in [2.24, 2.45) is 0 Å². The van der Waals surface area contributed by atoms with Gasteiger partial charge in [-0.3, -0.25) is 0 Å². The van der Waals surface area contributed by atoms with Crippen molar-refractivity contribution in [3.8, 4) is 0 Å². The van der Waals surface area contributed by atoms with Crippen LogP contribution >= 0.6 is 0 Å². The van der Waals surface area contributed by atoms with Crippen LogP contribution in [0.3, 0.4) is 0 Å². The molecule has 6 heteroatoms. The summed E-state index contributed by atoms with van der Waals surface area (Å²) in [5.41, 5.74) is 0. The van der Waals surface area contributed by atoms with E-state index in [0.717, 1.165) is 38.5 Å². The molecule has 0 aliphatic rings. The van der Waals surface area contributed by atoms with Gasteiger partial charge in [0.15, 0.2) is 0 Å². The van der Waals surface area contributed by atoms with E-state index in [2.05, 4.69) is 6.92 Å². The normalized spacial score (nSPS) is 12.7. The number of aliphatic hydroxyl groups is 1. The van der Waals surface area contributed by atoms with Crippen LogP contribution in [0.15, 0.2) is 0 Å². The fraction of sp³-hybridized carbons (Fsp3) is 1.00. The standard InChI is InChI=1S/C23H48O4S.K/c1-2-3-4-5-14-17-20-23(24)21-18-15-12-10-8-6-7-9-11-13-16-19-22-28(25,26)27;/h23-24H,2-22H2,1H3,(H,25,26,27);/q;+1/p-1. The van der Waals surface area contributed by atoms with Crippen LogP contribution in [0.4, 0.5) is 0 Å². The van der Waals surface area contributed by atoms with Gasteiger partial charge in [-0.2, -0.15) is 0 Å². The molecule has 0 aliphatic carbocycles. The number of hydrogen-bond donors (Lipinski definition) is 1. The molecule has 0 saturated carbocycles. The maximum absolute atomic E-state index is 10.5. The number of hydrogen-bond acceptors (Lipinski definition) is 4. The second kappa shape index (κ2) is 24.2. The smallest absolute Gasteiger partial charge is 0.748 e. The van der Waals surface area contributed by atoms with Gasteiger partial charge in [0, 0.05) is 5.75 Å². The fourth-order valence-electron chi connectivity index (χ4n) is 3.73. The summed E-state index contributed by atoms with van der Waals surface area (Å²) >= 11 is 0. The maximum atomic E-state index is 10.5. The molecule has 0 amide bonds. The van der Waals surface area contributed by atoms with Crippen molar-refractivity contribution >= 4 is 10.1 Å². The molecule has 0 radical (unpaired) electrons. The van der Waals surface area contributed by atoms with Crippen molar-refractivity contribution in [3.05, 3.63) is 0 Å². The average molecular weight is 459 g/mol. The monoisotopic (exact) mass is 458 g/mol. The van der Waals surface area contributed by atoms with Gasteiger partial charge in [0.25, 0.3) is 0 Å². The maximum Gasteiger partial charge on any atom is 1.00 e. The van der Waals surface area contributed by atoms with Crippen LogP contribution in [0.1, 0.15) is 135 Å². The Bertz CT molecular complexity index is 415. The van der Waals surface area contributed by atoms with E-state index >= 15 is 0 Å². The first kappa shape index (κ1) is 32.7. The van der Waals surface area contributed by atoms with Gasteiger partial charge in [-0.1, -0.05) is 116 Å². The molecule has 0 spiro atoms. The molecule has 0 aromatic heterocycles. The van der Waals surface area contributed by atoms with E-state index < -0.39 is 10.1 Å². The fourth-order valence-corrected chi connectivity index (χ4v) is 4.29. The SMILES string of the molecule is CCCCCCCCC(O)CCCCCCCCCCCCCCS(=O)(=O)[O-].[K+]. The summed E-state index contributed by atoms with van der Waals surface area (Å²) in [5, 5.41) is 10.0. The van der Waals surface area contributed by atoms with Crippen molar-refractivity contribution in [2.45, 2.75) is 141 Å². The van der Waals surface area contributed by atoms with Gasteiger partial charge in [-0.25, -0.2) is 8.42 Å². The predicted molar refractivity (Wildman–Crippen MR) is 119 cm³/mol. The Labute approximate surface area is 224 Å². The number of aliphatic hydroxyl groups excluding tert-OH is 1. The molecule has 29 heavy (non-hydrogen) atoms. The Morgan fingerprint density at radius 2 is 0.931 bits per heavy atom. The summed E-state index contributed by atoms with van der Waals surface area (Å²) in [7, 11) is -4.02. The van der Waals surface area contributed by atoms with Gasteiger partial charge >= 0.3 is 51.4 Å². The van der Waals surface area contributed by atoms with E-state index in [9.17, 15) is 18.1 Å². The van der Waals surface area contributed by atoms with Gasteiger partial charge in [0.05, 0.1) is 16.2 Å². The molecule has 0 heterocycles. The molecular formula is C23H47KO4S. The summed E-state index contributed by atoms with van der Waals surface area (Å²) in [4.78, 5) is 0. The van der Waals surface area contributed by atoms with Crippen LogP contribution in [0.25, 0.3) is 0 Å². The summed E-state index contributed by atoms with van der Waals surface area (Å²) in [6, 6.07) is 0. The second-order valence-electron chi connectivity index (χ2n) is 8.50. The zero-order valence-electron chi connectivity index (χ0n) is 19.5. The van der Waals surface area contributed by atoms with Crippen LogP contribution in [-0.4, -0.2) is 29.9 Å². The van der Waals surface area contributed by atoms with Gasteiger partial charge < -0.3 is 9.66 Å². The summed E-state index contributed by atoms with van der Waals surface area (Å²) in [6.45, 7) is 2.24. The molecule has 0 fully saturated rings. The molecule has 1 N–H and O–H groups in total. The second-order valence-corrected chi connectivity index (χ2v) is 10.0. The van der Waals surface area contributed by atoms with Crippen molar-refractivity contribution in [1.29, 1.82) is 0 Å². The van der Waals surface area contributed by atoms with E-state index in [1.807, 2.05) is 0 Å². The van der Waals surface area contributed by atoms with Crippen LogP contribution in [-0.2, 0) is 10.1 Å². The first-order valence-corrected chi connectivity index (χ1v) is 13.6. The molecule has 0 aromatic carbocycles. The van der Waals surface area contributed by atoms with Crippen LogP contribution in [0.2, 0.25) is 0 Å². The van der Waals surface area contributed by atoms with Crippen LogP contribution in [0.5, 0.6) is 0 Å². The topological polar surface area (TPSA) is 77.4 Å². The molecule has 1 unspecified atom stereocenters. The Morgan fingerprint density at radius 3 is 1.28 bits per heavy atom. The molecule has 0 aromatic rings.